The first kappa shape index (κ1) is 8.89. The standard InChI is InChI=1S/C8H7N3O2S/c1-11-3-2-5(10-11)7-9-4-6(14-7)8(12)13/h2-4H,1H3,(H,12,13). The van der Waals surface area contributed by atoms with Gasteiger partial charge in [-0.15, -0.1) is 11.3 Å². The Morgan fingerprint density at radius 2 is 2.43 bits per heavy atom. The van der Waals surface area contributed by atoms with E-state index in [-0.39, 0.29) is 4.88 Å². The van der Waals surface area contributed by atoms with Crippen molar-refractivity contribution < 1.29 is 9.90 Å². The van der Waals surface area contributed by atoms with Gasteiger partial charge in [0.15, 0.2) is 0 Å². The number of carbonyl (C=O) groups is 1. The highest BCUT2D eigenvalue weighted by molar-refractivity contribution is 7.16. The van der Waals surface area contributed by atoms with E-state index in [1.54, 1.807) is 24.0 Å². The molecule has 0 saturated carbocycles. The first-order chi connectivity index (χ1) is 6.66. The number of aryl methyl sites for hydroxylation is 1. The van der Waals surface area contributed by atoms with E-state index >= 15 is 0 Å². The van der Waals surface area contributed by atoms with E-state index in [1.165, 1.54) is 6.20 Å². The molecule has 0 saturated heterocycles. The fourth-order valence-electron chi connectivity index (χ4n) is 1.02. The molecule has 1 N–H and O–H groups in total. The molecule has 6 heteroatoms. The van der Waals surface area contributed by atoms with Crippen molar-refractivity contribution in [2.24, 2.45) is 7.05 Å². The van der Waals surface area contributed by atoms with E-state index in [0.717, 1.165) is 11.3 Å². The second kappa shape index (κ2) is 3.22. The maximum absolute atomic E-state index is 10.6. The van der Waals surface area contributed by atoms with Crippen LogP contribution in [0, 0.1) is 0 Å². The number of thiazole rings is 1. The number of rotatable bonds is 2. The largest absolute Gasteiger partial charge is 0.477 e. The number of hydrogen-bond acceptors (Lipinski definition) is 4. The topological polar surface area (TPSA) is 68.0 Å². The molecule has 2 rings (SSSR count). The van der Waals surface area contributed by atoms with Crippen molar-refractivity contribution in [2.45, 2.75) is 0 Å². The molecule has 14 heavy (non-hydrogen) atoms. The van der Waals surface area contributed by atoms with Crippen LogP contribution in [-0.2, 0) is 7.05 Å². The SMILES string of the molecule is Cn1ccc(-c2ncc(C(=O)O)s2)n1. The molecule has 0 fully saturated rings. The van der Waals surface area contributed by atoms with Gasteiger partial charge in [0.25, 0.3) is 0 Å². The molecule has 2 aromatic heterocycles. The molecule has 72 valence electrons. The average molecular weight is 209 g/mol. The van der Waals surface area contributed by atoms with Crippen LogP contribution in [0.3, 0.4) is 0 Å². The molecule has 0 aliphatic carbocycles. The fourth-order valence-corrected chi connectivity index (χ4v) is 1.74. The van der Waals surface area contributed by atoms with Crippen LogP contribution in [0.4, 0.5) is 0 Å². The van der Waals surface area contributed by atoms with Crippen LogP contribution in [0.15, 0.2) is 18.5 Å². The Labute approximate surface area is 83.6 Å². The fraction of sp³-hybridized carbons (Fsp3) is 0.125. The predicted molar refractivity (Wildman–Crippen MR) is 51.3 cm³/mol. The summed E-state index contributed by atoms with van der Waals surface area (Å²) in [6.07, 6.45) is 3.13. The zero-order valence-electron chi connectivity index (χ0n) is 7.34. The van der Waals surface area contributed by atoms with Gasteiger partial charge in [-0.3, -0.25) is 4.68 Å². The summed E-state index contributed by atoms with van der Waals surface area (Å²) in [5.74, 6) is -0.954. The van der Waals surface area contributed by atoms with Crippen molar-refractivity contribution in [1.29, 1.82) is 0 Å². The summed E-state index contributed by atoms with van der Waals surface area (Å²) in [4.78, 5) is 14.8. The number of nitrogens with zero attached hydrogens (tertiary/aromatic N) is 3. The molecule has 2 heterocycles. The van der Waals surface area contributed by atoms with Crippen molar-refractivity contribution in [3.05, 3.63) is 23.3 Å². The summed E-state index contributed by atoms with van der Waals surface area (Å²) in [5, 5.41) is 13.4. The summed E-state index contributed by atoms with van der Waals surface area (Å²) in [6, 6.07) is 1.80. The first-order valence-corrected chi connectivity index (χ1v) is 4.67. The van der Waals surface area contributed by atoms with Gasteiger partial charge < -0.3 is 5.11 Å². The van der Waals surface area contributed by atoms with Gasteiger partial charge in [0.05, 0.1) is 6.20 Å². The van der Waals surface area contributed by atoms with E-state index in [0.29, 0.717) is 10.7 Å². The maximum Gasteiger partial charge on any atom is 0.347 e. The minimum absolute atomic E-state index is 0.227. The molecular weight excluding hydrogens is 202 g/mol. The van der Waals surface area contributed by atoms with Crippen LogP contribution >= 0.6 is 11.3 Å². The predicted octanol–water partition coefficient (Wildman–Crippen LogP) is 1.24. The molecule has 0 spiro atoms. The second-order valence-electron chi connectivity index (χ2n) is 2.71. The van der Waals surface area contributed by atoms with Crippen molar-refractivity contribution in [3.8, 4) is 10.7 Å². The summed E-state index contributed by atoms with van der Waals surface area (Å²) >= 11 is 1.12. The highest BCUT2D eigenvalue weighted by Gasteiger charge is 2.11. The Hall–Kier alpha value is -1.69. The summed E-state index contributed by atoms with van der Waals surface area (Å²) in [5.41, 5.74) is 0.699. The van der Waals surface area contributed by atoms with Gasteiger partial charge in [0, 0.05) is 13.2 Å². The van der Waals surface area contributed by atoms with Gasteiger partial charge in [0.1, 0.15) is 15.6 Å². The molecule has 0 unspecified atom stereocenters. The highest BCUT2D eigenvalue weighted by Crippen LogP contribution is 2.22. The van der Waals surface area contributed by atoms with Crippen LogP contribution in [0.1, 0.15) is 9.67 Å². The zero-order valence-corrected chi connectivity index (χ0v) is 8.15. The van der Waals surface area contributed by atoms with E-state index in [2.05, 4.69) is 10.1 Å². The molecule has 0 amide bonds. The van der Waals surface area contributed by atoms with Gasteiger partial charge >= 0.3 is 5.97 Å². The van der Waals surface area contributed by atoms with E-state index < -0.39 is 5.97 Å². The molecular formula is C8H7N3O2S. The third kappa shape index (κ3) is 1.51. The molecule has 2 aromatic rings. The summed E-state index contributed by atoms with van der Waals surface area (Å²) in [7, 11) is 1.80. The monoisotopic (exact) mass is 209 g/mol. The number of aromatic nitrogens is 3. The van der Waals surface area contributed by atoms with Gasteiger partial charge in [-0.25, -0.2) is 9.78 Å². The lowest BCUT2D eigenvalue weighted by Gasteiger charge is -1.86. The number of carboxylic acids is 1. The molecule has 0 radical (unpaired) electrons. The van der Waals surface area contributed by atoms with E-state index in [1.807, 2.05) is 0 Å². The quantitative estimate of drug-likeness (QED) is 0.808. The Balaban J connectivity index is 2.38. The number of aromatic carboxylic acids is 1. The van der Waals surface area contributed by atoms with E-state index in [9.17, 15) is 4.79 Å². The highest BCUT2D eigenvalue weighted by atomic mass is 32.1. The normalized spacial score (nSPS) is 10.4. The lowest BCUT2D eigenvalue weighted by atomic mass is 10.5. The van der Waals surface area contributed by atoms with Crippen LogP contribution in [-0.4, -0.2) is 25.8 Å². The minimum atomic E-state index is -0.954. The number of hydrogen-bond donors (Lipinski definition) is 1. The van der Waals surface area contributed by atoms with Crippen LogP contribution in [0.25, 0.3) is 10.7 Å². The molecule has 0 aliphatic rings. The molecule has 5 nitrogen and oxygen atoms in total. The zero-order chi connectivity index (χ0) is 10.1. The summed E-state index contributed by atoms with van der Waals surface area (Å²) < 4.78 is 1.65. The Morgan fingerprint density at radius 3 is 2.93 bits per heavy atom. The smallest absolute Gasteiger partial charge is 0.347 e. The van der Waals surface area contributed by atoms with Crippen LogP contribution < -0.4 is 0 Å². The third-order valence-corrected chi connectivity index (χ3v) is 2.66. The number of carboxylic acid groups (broad SMARTS) is 1. The maximum atomic E-state index is 10.6. The third-order valence-electron chi connectivity index (χ3n) is 1.65. The van der Waals surface area contributed by atoms with Gasteiger partial charge in [0.2, 0.25) is 0 Å². The summed E-state index contributed by atoms with van der Waals surface area (Å²) in [6.45, 7) is 0. The average Bonchev–Trinajstić information content (AvgIpc) is 2.70. The second-order valence-corrected chi connectivity index (χ2v) is 3.74. The van der Waals surface area contributed by atoms with E-state index in [4.69, 9.17) is 5.11 Å². The van der Waals surface area contributed by atoms with Crippen molar-refractivity contribution in [3.63, 3.8) is 0 Å². The minimum Gasteiger partial charge on any atom is -0.477 e. The molecule has 0 aromatic carbocycles. The Bertz CT molecular complexity index is 474. The Morgan fingerprint density at radius 1 is 1.64 bits per heavy atom. The van der Waals surface area contributed by atoms with Gasteiger partial charge in [-0.1, -0.05) is 0 Å². The lowest BCUT2D eigenvalue weighted by Crippen LogP contribution is -1.89. The molecule has 0 atom stereocenters. The van der Waals surface area contributed by atoms with Gasteiger partial charge in [-0.05, 0) is 6.07 Å². The van der Waals surface area contributed by atoms with Crippen LogP contribution in [0.2, 0.25) is 0 Å². The Kier molecular flexibility index (Phi) is 2.05. The van der Waals surface area contributed by atoms with Crippen LogP contribution in [0.5, 0.6) is 0 Å². The van der Waals surface area contributed by atoms with Crippen molar-refractivity contribution in [1.82, 2.24) is 14.8 Å². The van der Waals surface area contributed by atoms with Crippen molar-refractivity contribution in [2.75, 3.05) is 0 Å². The van der Waals surface area contributed by atoms with Gasteiger partial charge in [-0.2, -0.15) is 5.10 Å². The molecule has 0 aliphatic heterocycles. The first-order valence-electron chi connectivity index (χ1n) is 3.86. The van der Waals surface area contributed by atoms with Crippen molar-refractivity contribution >= 4 is 17.3 Å². The molecule has 0 bridgehead atoms. The lowest BCUT2D eigenvalue weighted by molar-refractivity contribution is 0.0702.